The number of ether oxygens (including phenoxy) is 1. The molecule has 3 aromatic rings. The van der Waals surface area contributed by atoms with E-state index in [1.165, 1.54) is 34.1 Å². The van der Waals surface area contributed by atoms with E-state index in [0.717, 1.165) is 9.87 Å². The van der Waals surface area contributed by atoms with Crippen LogP contribution in [-0.2, 0) is 30.8 Å². The van der Waals surface area contributed by atoms with Crippen molar-refractivity contribution in [2.24, 2.45) is 0 Å². The van der Waals surface area contributed by atoms with E-state index in [2.05, 4.69) is 5.32 Å². The van der Waals surface area contributed by atoms with E-state index in [4.69, 9.17) is 16.3 Å². The summed E-state index contributed by atoms with van der Waals surface area (Å²) in [6, 6.07) is 21.1. The van der Waals surface area contributed by atoms with Gasteiger partial charge < -0.3 is 19.9 Å². The van der Waals surface area contributed by atoms with Crippen LogP contribution in [0.3, 0.4) is 0 Å². The molecule has 0 bridgehead atoms. The first-order chi connectivity index (χ1) is 19.6. The van der Waals surface area contributed by atoms with Gasteiger partial charge in [0.1, 0.15) is 11.8 Å². The second-order valence-corrected chi connectivity index (χ2v) is 11.9. The zero-order valence-corrected chi connectivity index (χ0v) is 24.3. The number of benzene rings is 3. The van der Waals surface area contributed by atoms with E-state index >= 15 is 0 Å². The maximum absolute atomic E-state index is 13.5. The van der Waals surface area contributed by atoms with Crippen molar-refractivity contribution in [2.75, 3.05) is 45.2 Å². The maximum atomic E-state index is 13.5. The number of methoxy groups -OCH3 is 1. The molecule has 1 aliphatic heterocycles. The van der Waals surface area contributed by atoms with Crippen LogP contribution in [0.1, 0.15) is 5.56 Å². The number of hydrogen-bond acceptors (Lipinski definition) is 6. The highest BCUT2D eigenvalue weighted by atomic mass is 35.5. The Morgan fingerprint density at radius 3 is 2.27 bits per heavy atom. The molecule has 0 saturated carbocycles. The summed E-state index contributed by atoms with van der Waals surface area (Å²) >= 11 is 5.86. The molecule has 3 aromatic carbocycles. The minimum Gasteiger partial charge on any atom is -0.497 e. The Morgan fingerprint density at radius 1 is 1.00 bits per heavy atom. The van der Waals surface area contributed by atoms with Crippen LogP contribution >= 0.6 is 11.6 Å². The van der Waals surface area contributed by atoms with Crippen molar-refractivity contribution in [3.8, 4) is 5.75 Å². The number of nitrogens with one attached hydrogen (secondary N) is 1. The fourth-order valence-electron chi connectivity index (χ4n) is 4.44. The van der Waals surface area contributed by atoms with E-state index in [1.807, 2.05) is 30.3 Å². The highest BCUT2D eigenvalue weighted by Gasteiger charge is 2.34. The first-order valence-corrected chi connectivity index (χ1v) is 14.7. The number of halogens is 1. The first-order valence-electron chi connectivity index (χ1n) is 12.9. The number of piperazine rings is 1. The van der Waals surface area contributed by atoms with Crippen LogP contribution in [0.25, 0.3) is 0 Å². The molecule has 0 unspecified atom stereocenters. The number of carbonyl (C=O) groups is 3. The van der Waals surface area contributed by atoms with Gasteiger partial charge in [-0.2, -0.15) is 4.31 Å². The van der Waals surface area contributed by atoms with Gasteiger partial charge >= 0.3 is 0 Å². The van der Waals surface area contributed by atoms with E-state index in [9.17, 15) is 22.8 Å². The van der Waals surface area contributed by atoms with Crippen LogP contribution < -0.4 is 15.0 Å². The Bertz CT molecular complexity index is 1480. The van der Waals surface area contributed by atoms with E-state index in [-0.39, 0.29) is 36.9 Å². The van der Waals surface area contributed by atoms with Crippen LogP contribution in [-0.4, -0.2) is 81.7 Å². The Balaban J connectivity index is 1.42. The zero-order chi connectivity index (χ0) is 29.6. The van der Waals surface area contributed by atoms with Crippen LogP contribution in [0.15, 0.2) is 83.8 Å². The second-order valence-electron chi connectivity index (χ2n) is 9.51. The normalized spacial score (nSPS) is 14.8. The monoisotopic (exact) mass is 598 g/mol. The van der Waals surface area contributed by atoms with Gasteiger partial charge in [0.2, 0.25) is 27.7 Å². The number of nitrogens with zero attached hydrogens (tertiary/aromatic N) is 3. The summed E-state index contributed by atoms with van der Waals surface area (Å²) in [5.41, 5.74) is 1.47. The molecule has 1 heterocycles. The lowest BCUT2D eigenvalue weighted by Gasteiger charge is -2.33. The number of sulfonamides is 1. The number of anilines is 1. The minimum absolute atomic E-state index is 0.0244. The van der Waals surface area contributed by atoms with E-state index in [1.54, 1.807) is 38.4 Å². The van der Waals surface area contributed by atoms with Gasteiger partial charge in [-0.05, 0) is 54.1 Å². The molecule has 1 fully saturated rings. The third kappa shape index (κ3) is 7.43. The molecule has 0 aromatic heterocycles. The number of rotatable bonds is 10. The summed E-state index contributed by atoms with van der Waals surface area (Å²) in [6.45, 7) is -0.651. The molecule has 0 aliphatic carbocycles. The lowest BCUT2D eigenvalue weighted by molar-refractivity contribution is -0.139. The molecule has 3 amide bonds. The minimum atomic E-state index is -3.90. The van der Waals surface area contributed by atoms with Gasteiger partial charge in [0.15, 0.2) is 0 Å². The Hall–Kier alpha value is -3.93. The lowest BCUT2D eigenvalue weighted by atomic mass is 10.0. The number of amides is 3. The average Bonchev–Trinajstić information content (AvgIpc) is 2.98. The first kappa shape index (κ1) is 30.0. The zero-order valence-electron chi connectivity index (χ0n) is 22.7. The highest BCUT2D eigenvalue weighted by Crippen LogP contribution is 2.21. The lowest BCUT2D eigenvalue weighted by Crippen LogP contribution is -2.56. The molecule has 12 heteroatoms. The summed E-state index contributed by atoms with van der Waals surface area (Å²) in [7, 11) is -0.723. The van der Waals surface area contributed by atoms with Crippen molar-refractivity contribution < 1.29 is 27.5 Å². The summed E-state index contributed by atoms with van der Waals surface area (Å²) in [5.74, 6) is -0.720. The summed E-state index contributed by atoms with van der Waals surface area (Å²) in [5, 5.41) is 3.18. The van der Waals surface area contributed by atoms with Crippen LogP contribution in [0.5, 0.6) is 5.75 Å². The van der Waals surface area contributed by atoms with Gasteiger partial charge in [0.05, 0.1) is 25.1 Å². The Kier molecular flexibility index (Phi) is 9.64. The smallest absolute Gasteiger partial charge is 0.249 e. The van der Waals surface area contributed by atoms with Gasteiger partial charge in [0.25, 0.3) is 0 Å². The molecule has 1 saturated heterocycles. The van der Waals surface area contributed by atoms with E-state index in [0.29, 0.717) is 16.5 Å². The van der Waals surface area contributed by atoms with Crippen LogP contribution in [0, 0.1) is 0 Å². The Labute approximate surface area is 244 Å². The predicted octanol–water partition coefficient (Wildman–Crippen LogP) is 2.57. The third-order valence-corrected chi connectivity index (χ3v) is 8.89. The molecule has 0 radical (unpaired) electrons. The molecule has 0 spiro atoms. The average molecular weight is 599 g/mol. The van der Waals surface area contributed by atoms with Crippen molar-refractivity contribution in [1.29, 1.82) is 0 Å². The van der Waals surface area contributed by atoms with Gasteiger partial charge in [0, 0.05) is 37.3 Å². The molecule has 216 valence electrons. The van der Waals surface area contributed by atoms with Crippen molar-refractivity contribution in [3.63, 3.8) is 0 Å². The fourth-order valence-corrected chi connectivity index (χ4v) is 5.95. The van der Waals surface area contributed by atoms with Crippen molar-refractivity contribution in [1.82, 2.24) is 14.5 Å². The molecular weight excluding hydrogens is 568 g/mol. The van der Waals surface area contributed by atoms with Gasteiger partial charge in [-0.25, -0.2) is 8.42 Å². The second kappa shape index (κ2) is 13.2. The SMILES string of the molecule is COc1ccc(N(C)C(=O)[C@H](Cc2ccccc2)NC(=O)CN2CCN(S(=O)(=O)c3ccc(Cl)cc3)CC2=O)cc1. The van der Waals surface area contributed by atoms with E-state index < -0.39 is 34.4 Å². The molecular formula is C29H31ClN4O6S. The fraction of sp³-hybridized carbons (Fsp3) is 0.276. The molecule has 1 atom stereocenters. The van der Waals surface area contributed by atoms with Gasteiger partial charge in [-0.1, -0.05) is 41.9 Å². The Morgan fingerprint density at radius 2 is 1.66 bits per heavy atom. The van der Waals surface area contributed by atoms with Crippen molar-refractivity contribution >= 4 is 45.0 Å². The molecule has 1 aliphatic rings. The van der Waals surface area contributed by atoms with Crippen molar-refractivity contribution in [3.05, 3.63) is 89.4 Å². The number of likely N-dealkylation sites (N-methyl/N-ethyl adjacent to an activating group) is 1. The number of carbonyl (C=O) groups excluding carboxylic acids is 3. The largest absolute Gasteiger partial charge is 0.497 e. The van der Waals surface area contributed by atoms with Gasteiger partial charge in [-0.3, -0.25) is 14.4 Å². The summed E-state index contributed by atoms with van der Waals surface area (Å²) in [4.78, 5) is 42.3. The topological polar surface area (TPSA) is 116 Å². The maximum Gasteiger partial charge on any atom is 0.249 e. The number of hydrogen-bond donors (Lipinski definition) is 1. The molecule has 1 N–H and O–H groups in total. The quantitative estimate of drug-likeness (QED) is 0.383. The summed E-state index contributed by atoms with van der Waals surface area (Å²) in [6.07, 6.45) is 0.243. The van der Waals surface area contributed by atoms with Crippen LogP contribution in [0.2, 0.25) is 5.02 Å². The highest BCUT2D eigenvalue weighted by molar-refractivity contribution is 7.89. The van der Waals surface area contributed by atoms with Crippen LogP contribution in [0.4, 0.5) is 5.69 Å². The molecule has 41 heavy (non-hydrogen) atoms. The standard InChI is InChI=1S/C29H31ClN4O6S/c1-32(23-10-12-24(40-2)13-11-23)29(37)26(18-21-6-4-3-5-7-21)31-27(35)19-33-16-17-34(20-28(33)36)41(38,39)25-14-8-22(30)9-15-25/h3-15,26H,16-20H2,1-2H3,(H,31,35)/t26-/m0/s1. The van der Waals surface area contributed by atoms with Gasteiger partial charge in [-0.15, -0.1) is 0 Å². The predicted molar refractivity (Wildman–Crippen MR) is 155 cm³/mol. The molecule has 10 nitrogen and oxygen atoms in total. The third-order valence-electron chi connectivity index (χ3n) is 6.78. The van der Waals surface area contributed by atoms with Crippen molar-refractivity contribution in [2.45, 2.75) is 17.4 Å². The molecule has 4 rings (SSSR count). The summed E-state index contributed by atoms with van der Waals surface area (Å²) < 4.78 is 32.2.